The molecule has 0 spiro atoms. The molecule has 2 aromatic heterocycles. The molecule has 5 nitrogen and oxygen atoms in total. The molecule has 0 saturated carbocycles. The summed E-state index contributed by atoms with van der Waals surface area (Å²) < 4.78 is 0. The average Bonchev–Trinajstić information content (AvgIpc) is 3.13. The summed E-state index contributed by atoms with van der Waals surface area (Å²) in [6, 6.07) is 4.97. The summed E-state index contributed by atoms with van der Waals surface area (Å²) in [6.45, 7) is 4.21. The predicted octanol–water partition coefficient (Wildman–Crippen LogP) is 1.34. The van der Waals surface area contributed by atoms with Gasteiger partial charge in [-0.2, -0.15) is 0 Å². The van der Waals surface area contributed by atoms with Crippen molar-refractivity contribution < 1.29 is 5.11 Å². The van der Waals surface area contributed by atoms with Crippen molar-refractivity contribution in [2.45, 2.75) is 31.5 Å². The van der Waals surface area contributed by atoms with Crippen LogP contribution in [0.15, 0.2) is 23.7 Å². The highest BCUT2D eigenvalue weighted by atomic mass is 32.1. The summed E-state index contributed by atoms with van der Waals surface area (Å²) in [5.74, 6) is 1.04. The number of hydrogen-bond acceptors (Lipinski definition) is 6. The molecule has 0 bridgehead atoms. The summed E-state index contributed by atoms with van der Waals surface area (Å²) in [6.07, 6.45) is 2.02. The molecule has 4 rings (SSSR count). The van der Waals surface area contributed by atoms with Gasteiger partial charge in [0, 0.05) is 36.8 Å². The Hall–Kier alpha value is -1.50. The third-order valence-electron chi connectivity index (χ3n) is 4.33. The first-order valence-electron chi connectivity index (χ1n) is 7.30. The van der Waals surface area contributed by atoms with Crippen molar-refractivity contribution in [1.82, 2.24) is 15.3 Å². The van der Waals surface area contributed by atoms with Gasteiger partial charge in [0.05, 0.1) is 5.69 Å². The lowest BCUT2D eigenvalue weighted by atomic mass is 10.1. The van der Waals surface area contributed by atoms with E-state index < -0.39 is 6.10 Å². The highest BCUT2D eigenvalue weighted by Crippen LogP contribution is 2.35. The van der Waals surface area contributed by atoms with Crippen LogP contribution in [0.1, 0.15) is 29.3 Å². The number of aliphatic hydroxyl groups is 1. The molecule has 2 aliphatic rings. The van der Waals surface area contributed by atoms with E-state index in [-0.39, 0.29) is 0 Å². The first-order valence-corrected chi connectivity index (χ1v) is 8.18. The molecular formula is C15H18N4OS. The number of nitrogens with zero attached hydrogens (tertiary/aromatic N) is 3. The number of hydrogen-bond donors (Lipinski definition) is 2. The molecule has 0 aliphatic carbocycles. The summed E-state index contributed by atoms with van der Waals surface area (Å²) in [5, 5.41) is 16.5. The van der Waals surface area contributed by atoms with Crippen LogP contribution in [0.2, 0.25) is 0 Å². The zero-order valence-corrected chi connectivity index (χ0v) is 12.7. The van der Waals surface area contributed by atoms with E-state index in [1.54, 1.807) is 6.20 Å². The second-order valence-electron chi connectivity index (χ2n) is 5.76. The summed E-state index contributed by atoms with van der Waals surface area (Å²) in [4.78, 5) is 11.4. The number of aromatic nitrogens is 2. The number of nitrogens with one attached hydrogen (secondary N) is 1. The molecule has 0 aromatic carbocycles. The van der Waals surface area contributed by atoms with E-state index in [9.17, 15) is 5.11 Å². The molecule has 3 atom stereocenters. The standard InChI is InChI=1S/C15H18N4OS/c1-9-7-16-8-11-6-10-2-3-12(18-14(10)19(9)11)13(20)15-17-4-5-21-15/h2-5,9,11,13,16,20H,6-8H2,1H3/t9-,11-,13?/m1/s1. The van der Waals surface area contributed by atoms with Crippen LogP contribution in [0.3, 0.4) is 0 Å². The Morgan fingerprint density at radius 3 is 3.14 bits per heavy atom. The minimum Gasteiger partial charge on any atom is -0.380 e. The molecule has 110 valence electrons. The topological polar surface area (TPSA) is 61.3 Å². The molecule has 6 heteroatoms. The van der Waals surface area contributed by atoms with Crippen molar-refractivity contribution in [2.24, 2.45) is 0 Å². The van der Waals surface area contributed by atoms with E-state index >= 15 is 0 Å². The predicted molar refractivity (Wildman–Crippen MR) is 82.7 cm³/mol. The Kier molecular flexibility index (Phi) is 3.17. The molecule has 2 aromatic rings. The normalized spacial score (nSPS) is 25.5. The van der Waals surface area contributed by atoms with Crippen molar-refractivity contribution in [3.05, 3.63) is 40.0 Å². The second kappa shape index (κ2) is 5.05. The maximum absolute atomic E-state index is 10.4. The Morgan fingerprint density at radius 2 is 2.33 bits per heavy atom. The van der Waals surface area contributed by atoms with Crippen LogP contribution in [0.5, 0.6) is 0 Å². The number of rotatable bonds is 2. The third-order valence-corrected chi connectivity index (χ3v) is 5.16. The van der Waals surface area contributed by atoms with Crippen molar-refractivity contribution in [2.75, 3.05) is 18.0 Å². The van der Waals surface area contributed by atoms with Crippen molar-refractivity contribution in [3.8, 4) is 0 Å². The van der Waals surface area contributed by atoms with Gasteiger partial charge in [-0.25, -0.2) is 9.97 Å². The molecule has 0 amide bonds. The van der Waals surface area contributed by atoms with E-state index in [0.29, 0.717) is 22.8 Å². The maximum Gasteiger partial charge on any atom is 0.147 e. The third kappa shape index (κ3) is 2.14. The zero-order valence-electron chi connectivity index (χ0n) is 11.9. The number of aliphatic hydroxyl groups excluding tert-OH is 1. The highest BCUT2D eigenvalue weighted by molar-refractivity contribution is 7.09. The lowest BCUT2D eigenvalue weighted by Gasteiger charge is -2.37. The van der Waals surface area contributed by atoms with Gasteiger partial charge in [0.2, 0.25) is 0 Å². The average molecular weight is 302 g/mol. The Morgan fingerprint density at radius 1 is 1.43 bits per heavy atom. The van der Waals surface area contributed by atoms with E-state index in [1.807, 2.05) is 11.4 Å². The molecule has 21 heavy (non-hydrogen) atoms. The quantitative estimate of drug-likeness (QED) is 0.877. The van der Waals surface area contributed by atoms with Crippen LogP contribution in [0, 0.1) is 0 Å². The number of fused-ring (bicyclic) bond motifs is 3. The Balaban J connectivity index is 1.70. The van der Waals surface area contributed by atoms with Gasteiger partial charge in [-0.05, 0) is 25.0 Å². The first-order chi connectivity index (χ1) is 10.2. The minimum absolute atomic E-state index is 0.435. The second-order valence-corrected chi connectivity index (χ2v) is 6.69. The largest absolute Gasteiger partial charge is 0.380 e. The van der Waals surface area contributed by atoms with Crippen LogP contribution >= 0.6 is 11.3 Å². The molecule has 2 aliphatic heterocycles. The van der Waals surface area contributed by atoms with Gasteiger partial charge in [0.15, 0.2) is 0 Å². The zero-order chi connectivity index (χ0) is 14.4. The lowest BCUT2D eigenvalue weighted by Crippen LogP contribution is -2.55. The number of anilines is 1. The van der Waals surface area contributed by atoms with Gasteiger partial charge < -0.3 is 15.3 Å². The molecule has 1 fully saturated rings. The van der Waals surface area contributed by atoms with Crippen molar-refractivity contribution >= 4 is 17.2 Å². The lowest BCUT2D eigenvalue weighted by molar-refractivity contribution is 0.215. The highest BCUT2D eigenvalue weighted by Gasteiger charge is 2.36. The molecule has 0 radical (unpaired) electrons. The first kappa shape index (κ1) is 13.2. The van der Waals surface area contributed by atoms with Gasteiger partial charge in [-0.1, -0.05) is 6.07 Å². The molecule has 2 N–H and O–H groups in total. The van der Waals surface area contributed by atoms with E-state index in [4.69, 9.17) is 4.98 Å². The van der Waals surface area contributed by atoms with Crippen molar-refractivity contribution in [1.29, 1.82) is 0 Å². The number of piperazine rings is 1. The fraction of sp³-hybridized carbons (Fsp3) is 0.467. The van der Waals surface area contributed by atoms with Crippen LogP contribution in [-0.2, 0) is 6.42 Å². The van der Waals surface area contributed by atoms with Gasteiger partial charge in [-0.15, -0.1) is 11.3 Å². The Labute approximate surface area is 127 Å². The van der Waals surface area contributed by atoms with Gasteiger partial charge in [0.1, 0.15) is 16.9 Å². The van der Waals surface area contributed by atoms with E-state index in [0.717, 1.165) is 25.3 Å². The smallest absolute Gasteiger partial charge is 0.147 e. The summed E-state index contributed by atoms with van der Waals surface area (Å²) >= 11 is 1.46. The van der Waals surface area contributed by atoms with Crippen molar-refractivity contribution in [3.63, 3.8) is 0 Å². The Bertz CT molecular complexity index is 645. The van der Waals surface area contributed by atoms with Gasteiger partial charge >= 0.3 is 0 Å². The number of thiazole rings is 1. The van der Waals surface area contributed by atoms with Gasteiger partial charge in [-0.3, -0.25) is 0 Å². The fourth-order valence-corrected chi connectivity index (χ4v) is 3.98. The van der Waals surface area contributed by atoms with Gasteiger partial charge in [0.25, 0.3) is 0 Å². The summed E-state index contributed by atoms with van der Waals surface area (Å²) in [5.41, 5.74) is 1.97. The fourth-order valence-electron chi connectivity index (χ4n) is 3.34. The SMILES string of the molecule is C[C@@H]1CNC[C@H]2Cc3ccc(C(O)c4nccs4)nc3N21. The van der Waals surface area contributed by atoms with E-state index in [2.05, 4.69) is 28.2 Å². The van der Waals surface area contributed by atoms with Crippen LogP contribution in [0.25, 0.3) is 0 Å². The summed E-state index contributed by atoms with van der Waals surface area (Å²) in [7, 11) is 0. The monoisotopic (exact) mass is 302 g/mol. The number of pyridine rings is 1. The molecule has 1 saturated heterocycles. The molecule has 1 unspecified atom stereocenters. The van der Waals surface area contributed by atoms with E-state index in [1.165, 1.54) is 16.9 Å². The van der Waals surface area contributed by atoms with Crippen LogP contribution in [-0.4, -0.2) is 40.2 Å². The maximum atomic E-state index is 10.4. The molecule has 4 heterocycles. The van der Waals surface area contributed by atoms with Crippen LogP contribution < -0.4 is 10.2 Å². The minimum atomic E-state index is -0.729. The van der Waals surface area contributed by atoms with Crippen LogP contribution in [0.4, 0.5) is 5.82 Å². The molecular weight excluding hydrogens is 284 g/mol.